The molecule has 2 atom stereocenters. The molecule has 0 radical (unpaired) electrons. The first kappa shape index (κ1) is 17.7. The summed E-state index contributed by atoms with van der Waals surface area (Å²) in [4.78, 5) is 12.1. The summed E-state index contributed by atoms with van der Waals surface area (Å²) >= 11 is 0. The predicted octanol–water partition coefficient (Wildman–Crippen LogP) is 4.10. The van der Waals surface area contributed by atoms with E-state index < -0.39 is 0 Å². The molecule has 0 spiro atoms. The van der Waals surface area contributed by atoms with E-state index in [0.717, 1.165) is 36.7 Å². The molecule has 29 heavy (non-hydrogen) atoms. The van der Waals surface area contributed by atoms with E-state index in [1.165, 1.54) is 10.9 Å². The second-order valence-electron chi connectivity index (χ2n) is 7.35. The van der Waals surface area contributed by atoms with Gasteiger partial charge in [-0.15, -0.1) is 0 Å². The van der Waals surface area contributed by atoms with Gasteiger partial charge in [-0.1, -0.05) is 6.07 Å². The van der Waals surface area contributed by atoms with Gasteiger partial charge in [0.1, 0.15) is 5.82 Å². The summed E-state index contributed by atoms with van der Waals surface area (Å²) in [5, 5.41) is 15.2. The van der Waals surface area contributed by atoms with Gasteiger partial charge in [0.25, 0.3) is 0 Å². The zero-order chi connectivity index (χ0) is 19.6. The van der Waals surface area contributed by atoms with Gasteiger partial charge in [-0.05, 0) is 48.6 Å². The van der Waals surface area contributed by atoms with E-state index in [-0.39, 0.29) is 6.04 Å². The zero-order valence-corrected chi connectivity index (χ0v) is 16.1. The Morgan fingerprint density at radius 2 is 2.14 bits per heavy atom. The number of hydrogen-bond acceptors (Lipinski definition) is 6. The highest BCUT2D eigenvalue weighted by atomic mass is 16.5. The van der Waals surface area contributed by atoms with Crippen LogP contribution in [-0.4, -0.2) is 38.4 Å². The maximum atomic E-state index is 5.45. The molecule has 0 amide bonds. The normalized spacial score (nSPS) is 17.5. The van der Waals surface area contributed by atoms with Crippen LogP contribution in [0.5, 0.6) is 0 Å². The molecular weight excluding hydrogens is 366 g/mol. The summed E-state index contributed by atoms with van der Waals surface area (Å²) in [5.74, 6) is 2.38. The van der Waals surface area contributed by atoms with Crippen molar-refractivity contribution < 1.29 is 4.74 Å². The molecule has 1 aromatic carbocycles. The summed E-state index contributed by atoms with van der Waals surface area (Å²) in [6.45, 7) is 3.65. The Kier molecular flexibility index (Phi) is 4.61. The van der Waals surface area contributed by atoms with Crippen LogP contribution in [0.1, 0.15) is 36.6 Å². The first-order chi connectivity index (χ1) is 14.2. The molecule has 4 heterocycles. The number of aromatic nitrogens is 5. The van der Waals surface area contributed by atoms with Crippen LogP contribution in [0.3, 0.4) is 0 Å². The van der Waals surface area contributed by atoms with Crippen LogP contribution in [0, 0.1) is 0 Å². The van der Waals surface area contributed by atoms with Crippen LogP contribution in [0.2, 0.25) is 0 Å². The summed E-state index contributed by atoms with van der Waals surface area (Å²) in [5.41, 5.74) is 3.40. The van der Waals surface area contributed by atoms with Crippen molar-refractivity contribution in [3.63, 3.8) is 0 Å². The Balaban J connectivity index is 1.28. The molecule has 1 aliphatic heterocycles. The SMILES string of the molecule is C[C@H](Nc1nccc(Nc2cc(C3CCOC3)[nH]n2)n1)c1ccc2[nH]ccc2c1. The number of ether oxygens (including phenoxy) is 1. The zero-order valence-electron chi connectivity index (χ0n) is 16.1. The number of H-pyrrole nitrogens is 2. The van der Waals surface area contributed by atoms with Crippen LogP contribution >= 0.6 is 0 Å². The minimum atomic E-state index is 0.0731. The smallest absolute Gasteiger partial charge is 0.225 e. The van der Waals surface area contributed by atoms with Crippen molar-refractivity contribution in [2.24, 2.45) is 0 Å². The lowest BCUT2D eigenvalue weighted by Gasteiger charge is -2.15. The van der Waals surface area contributed by atoms with Gasteiger partial charge in [-0.2, -0.15) is 10.1 Å². The van der Waals surface area contributed by atoms with Gasteiger partial charge in [0, 0.05) is 42.2 Å². The molecule has 1 saturated heterocycles. The Hall–Kier alpha value is -3.39. The number of fused-ring (bicyclic) bond motifs is 1. The fourth-order valence-electron chi connectivity index (χ4n) is 3.64. The minimum absolute atomic E-state index is 0.0731. The average Bonchev–Trinajstić information content (AvgIpc) is 3.48. The number of nitrogens with one attached hydrogen (secondary N) is 4. The molecule has 1 unspecified atom stereocenters. The van der Waals surface area contributed by atoms with Crippen molar-refractivity contribution >= 4 is 28.5 Å². The van der Waals surface area contributed by atoms with Gasteiger partial charge in [-0.25, -0.2) is 4.98 Å². The van der Waals surface area contributed by atoms with Gasteiger partial charge in [-0.3, -0.25) is 5.10 Å². The number of hydrogen-bond donors (Lipinski definition) is 4. The fraction of sp³-hybridized carbons (Fsp3) is 0.286. The van der Waals surface area contributed by atoms with E-state index in [9.17, 15) is 0 Å². The van der Waals surface area contributed by atoms with E-state index in [0.29, 0.717) is 17.7 Å². The Labute approximate surface area is 168 Å². The third-order valence-corrected chi connectivity index (χ3v) is 5.30. The van der Waals surface area contributed by atoms with Gasteiger partial charge in [0.15, 0.2) is 5.82 Å². The molecule has 0 bridgehead atoms. The van der Waals surface area contributed by atoms with Crippen LogP contribution in [-0.2, 0) is 4.74 Å². The number of benzene rings is 1. The minimum Gasteiger partial charge on any atom is -0.381 e. The van der Waals surface area contributed by atoms with Crippen molar-refractivity contribution in [2.75, 3.05) is 23.8 Å². The van der Waals surface area contributed by atoms with Gasteiger partial charge >= 0.3 is 0 Å². The van der Waals surface area contributed by atoms with Crippen LogP contribution < -0.4 is 10.6 Å². The third-order valence-electron chi connectivity index (χ3n) is 5.30. The maximum absolute atomic E-state index is 5.45. The summed E-state index contributed by atoms with van der Waals surface area (Å²) in [7, 11) is 0. The first-order valence-electron chi connectivity index (χ1n) is 9.81. The molecule has 1 aliphatic rings. The maximum Gasteiger partial charge on any atom is 0.225 e. The van der Waals surface area contributed by atoms with Crippen molar-refractivity contribution in [3.05, 3.63) is 60.0 Å². The van der Waals surface area contributed by atoms with E-state index >= 15 is 0 Å². The lowest BCUT2D eigenvalue weighted by Crippen LogP contribution is -2.10. The Morgan fingerprint density at radius 3 is 3.03 bits per heavy atom. The van der Waals surface area contributed by atoms with E-state index in [1.807, 2.05) is 18.3 Å². The molecule has 8 heteroatoms. The van der Waals surface area contributed by atoms with E-state index in [2.05, 4.69) is 67.0 Å². The second kappa shape index (κ2) is 7.56. The molecule has 148 valence electrons. The molecule has 1 fully saturated rings. The summed E-state index contributed by atoms with van der Waals surface area (Å²) in [6.07, 6.45) is 4.71. The van der Waals surface area contributed by atoms with Crippen molar-refractivity contribution in [1.29, 1.82) is 0 Å². The summed E-state index contributed by atoms with van der Waals surface area (Å²) in [6, 6.07) is 12.4. The topological polar surface area (TPSA) is 104 Å². The molecule has 5 rings (SSSR count). The fourth-order valence-corrected chi connectivity index (χ4v) is 3.64. The van der Waals surface area contributed by atoms with Crippen LogP contribution in [0.15, 0.2) is 48.8 Å². The highest BCUT2D eigenvalue weighted by Crippen LogP contribution is 2.26. The van der Waals surface area contributed by atoms with Crippen molar-refractivity contribution in [1.82, 2.24) is 25.1 Å². The molecule has 4 N–H and O–H groups in total. The van der Waals surface area contributed by atoms with Crippen LogP contribution in [0.4, 0.5) is 17.6 Å². The molecular formula is C21H23N7O. The van der Waals surface area contributed by atoms with Gasteiger partial charge in [0.2, 0.25) is 5.95 Å². The lowest BCUT2D eigenvalue weighted by molar-refractivity contribution is 0.193. The predicted molar refractivity (Wildman–Crippen MR) is 112 cm³/mol. The number of nitrogens with zero attached hydrogens (tertiary/aromatic N) is 3. The standard InChI is InChI=1S/C21H23N7O/c1-13(14-2-3-17-15(10-14)4-7-22-17)24-21-23-8-5-19(26-21)25-20-11-18(27-28-20)16-6-9-29-12-16/h2-5,7-8,10-11,13,16,22H,6,9,12H2,1H3,(H3,23,24,25,26,27,28)/t13-,16?/m0/s1. The van der Waals surface area contributed by atoms with Crippen LogP contribution in [0.25, 0.3) is 10.9 Å². The van der Waals surface area contributed by atoms with E-state index in [4.69, 9.17) is 4.74 Å². The number of rotatable bonds is 6. The highest BCUT2D eigenvalue weighted by molar-refractivity contribution is 5.80. The molecule has 4 aromatic rings. The first-order valence-corrected chi connectivity index (χ1v) is 9.81. The van der Waals surface area contributed by atoms with Crippen molar-refractivity contribution in [3.8, 4) is 0 Å². The number of anilines is 3. The average molecular weight is 389 g/mol. The number of aromatic amines is 2. The highest BCUT2D eigenvalue weighted by Gasteiger charge is 2.20. The third kappa shape index (κ3) is 3.79. The largest absolute Gasteiger partial charge is 0.381 e. The van der Waals surface area contributed by atoms with Gasteiger partial charge < -0.3 is 20.4 Å². The quantitative estimate of drug-likeness (QED) is 0.396. The molecule has 0 saturated carbocycles. The van der Waals surface area contributed by atoms with E-state index in [1.54, 1.807) is 6.20 Å². The van der Waals surface area contributed by atoms with Crippen molar-refractivity contribution in [2.45, 2.75) is 25.3 Å². The molecule has 3 aromatic heterocycles. The molecule has 0 aliphatic carbocycles. The Morgan fingerprint density at radius 1 is 1.17 bits per heavy atom. The van der Waals surface area contributed by atoms with Gasteiger partial charge in [0.05, 0.1) is 12.6 Å². The summed E-state index contributed by atoms with van der Waals surface area (Å²) < 4.78 is 5.45. The lowest BCUT2D eigenvalue weighted by atomic mass is 10.1. The Bertz CT molecular complexity index is 1110. The monoisotopic (exact) mass is 389 g/mol. The molecule has 8 nitrogen and oxygen atoms in total. The second-order valence-corrected chi connectivity index (χ2v) is 7.35.